The van der Waals surface area contributed by atoms with Crippen LogP contribution in [0.25, 0.3) is 11.8 Å². The van der Waals surface area contributed by atoms with Crippen LogP contribution in [0.4, 0.5) is 5.69 Å². The lowest BCUT2D eigenvalue weighted by molar-refractivity contribution is -0.113. The molecule has 28 heavy (non-hydrogen) atoms. The fraction of sp³-hybridized carbons (Fsp3) is 0.0800. The number of rotatable bonds is 4. The minimum absolute atomic E-state index is 0.0188. The van der Waals surface area contributed by atoms with Gasteiger partial charge < -0.3 is 0 Å². The Kier molecular flexibility index (Phi) is 5.14. The first-order chi connectivity index (χ1) is 13.7. The highest BCUT2D eigenvalue weighted by atomic mass is 35.5. The predicted molar refractivity (Wildman–Crippen MR) is 117 cm³/mol. The molecule has 1 aliphatic heterocycles. The molecule has 0 radical (unpaired) electrons. The lowest BCUT2D eigenvalue weighted by Crippen LogP contribution is -2.26. The zero-order valence-corrected chi connectivity index (χ0v) is 16.4. The quantitative estimate of drug-likeness (QED) is 0.477. The molecular weight excluding hydrogens is 366 g/mol. The number of aryl methyl sites for hydroxylation is 1. The first-order valence-corrected chi connectivity index (χ1v) is 9.72. The molecule has 1 heterocycles. The zero-order chi connectivity index (χ0) is 19.5. The Morgan fingerprint density at radius 2 is 1.57 bits per heavy atom. The molecule has 3 heteroatoms. The standard InChI is InChI=1S/C25H20ClNO/c1-2-19-10-6-7-11-23(19)27-24(20-12-14-22(26)15-13-20)17-21(25(27)28)16-18-8-4-3-5-9-18/h3-17H,2H2,1H3/b21-16+. The molecule has 3 aromatic rings. The van der Waals surface area contributed by atoms with Gasteiger partial charge >= 0.3 is 0 Å². The first-order valence-electron chi connectivity index (χ1n) is 9.34. The van der Waals surface area contributed by atoms with E-state index in [0.29, 0.717) is 10.6 Å². The maximum Gasteiger partial charge on any atom is 0.262 e. The zero-order valence-electron chi connectivity index (χ0n) is 15.6. The third kappa shape index (κ3) is 3.51. The second kappa shape index (κ2) is 7.87. The molecule has 0 unspecified atom stereocenters. The second-order valence-electron chi connectivity index (χ2n) is 6.67. The van der Waals surface area contributed by atoms with Crippen LogP contribution in [0.15, 0.2) is 90.5 Å². The van der Waals surface area contributed by atoms with Crippen LogP contribution in [-0.2, 0) is 11.2 Å². The molecule has 0 bridgehead atoms. The summed E-state index contributed by atoms with van der Waals surface area (Å²) < 4.78 is 0. The number of halogens is 1. The summed E-state index contributed by atoms with van der Waals surface area (Å²) in [6.07, 6.45) is 4.75. The van der Waals surface area contributed by atoms with Gasteiger partial charge in [-0.2, -0.15) is 0 Å². The SMILES string of the molecule is CCc1ccccc1N1C(=O)/C(=C/c2ccccc2)C=C1c1ccc(Cl)cc1. The average molecular weight is 386 g/mol. The molecule has 2 nitrogen and oxygen atoms in total. The van der Waals surface area contributed by atoms with Gasteiger partial charge in [0.2, 0.25) is 0 Å². The van der Waals surface area contributed by atoms with Gasteiger partial charge in [-0.25, -0.2) is 0 Å². The fourth-order valence-corrected chi connectivity index (χ4v) is 3.57. The first kappa shape index (κ1) is 18.3. The number of nitrogens with zero attached hydrogens (tertiary/aromatic N) is 1. The van der Waals surface area contributed by atoms with Gasteiger partial charge in [0.05, 0.1) is 11.4 Å². The lowest BCUT2D eigenvalue weighted by Gasteiger charge is -2.23. The van der Waals surface area contributed by atoms with E-state index in [4.69, 9.17) is 11.6 Å². The predicted octanol–water partition coefficient (Wildman–Crippen LogP) is 6.37. The van der Waals surface area contributed by atoms with E-state index >= 15 is 0 Å². The van der Waals surface area contributed by atoms with Crippen LogP contribution in [0.2, 0.25) is 5.02 Å². The van der Waals surface area contributed by atoms with E-state index in [1.54, 1.807) is 0 Å². The number of carbonyl (C=O) groups excluding carboxylic acids is 1. The molecule has 3 aromatic carbocycles. The van der Waals surface area contributed by atoms with Crippen molar-refractivity contribution in [3.8, 4) is 0 Å². The van der Waals surface area contributed by atoms with Crippen molar-refractivity contribution < 1.29 is 4.79 Å². The fourth-order valence-electron chi connectivity index (χ4n) is 3.44. The average Bonchev–Trinajstić information content (AvgIpc) is 3.05. The molecule has 0 spiro atoms. The highest BCUT2D eigenvalue weighted by Gasteiger charge is 2.31. The molecule has 0 saturated heterocycles. The van der Waals surface area contributed by atoms with Gasteiger partial charge in [-0.3, -0.25) is 9.69 Å². The third-order valence-electron chi connectivity index (χ3n) is 4.86. The Balaban J connectivity index is 1.86. The summed E-state index contributed by atoms with van der Waals surface area (Å²) in [5, 5.41) is 0.675. The van der Waals surface area contributed by atoms with Crippen LogP contribution >= 0.6 is 11.6 Å². The topological polar surface area (TPSA) is 20.3 Å². The van der Waals surface area contributed by atoms with Crippen molar-refractivity contribution in [2.45, 2.75) is 13.3 Å². The molecular formula is C25H20ClNO. The van der Waals surface area contributed by atoms with Gasteiger partial charge in [0.25, 0.3) is 5.91 Å². The minimum Gasteiger partial charge on any atom is -0.276 e. The van der Waals surface area contributed by atoms with E-state index < -0.39 is 0 Å². The van der Waals surface area contributed by atoms with Crippen LogP contribution in [-0.4, -0.2) is 5.91 Å². The largest absolute Gasteiger partial charge is 0.276 e. The van der Waals surface area contributed by atoms with Crippen molar-refractivity contribution in [1.29, 1.82) is 0 Å². The summed E-state index contributed by atoms with van der Waals surface area (Å²) in [4.78, 5) is 15.2. The number of anilines is 1. The molecule has 0 saturated carbocycles. The lowest BCUT2D eigenvalue weighted by atomic mass is 10.1. The number of hydrogen-bond acceptors (Lipinski definition) is 1. The Morgan fingerprint density at radius 1 is 0.893 bits per heavy atom. The Hall–Kier alpha value is -3.10. The van der Waals surface area contributed by atoms with Crippen LogP contribution in [0, 0.1) is 0 Å². The van der Waals surface area contributed by atoms with Gasteiger partial charge in [0, 0.05) is 10.6 Å². The van der Waals surface area contributed by atoms with Crippen molar-refractivity contribution in [3.63, 3.8) is 0 Å². The second-order valence-corrected chi connectivity index (χ2v) is 7.11. The van der Waals surface area contributed by atoms with Crippen molar-refractivity contribution in [1.82, 2.24) is 0 Å². The van der Waals surface area contributed by atoms with E-state index in [2.05, 4.69) is 13.0 Å². The van der Waals surface area contributed by atoms with Crippen LogP contribution < -0.4 is 4.90 Å². The van der Waals surface area contributed by atoms with Crippen LogP contribution in [0.1, 0.15) is 23.6 Å². The number of carbonyl (C=O) groups is 1. The molecule has 1 aliphatic rings. The van der Waals surface area contributed by atoms with E-state index in [0.717, 1.165) is 34.5 Å². The van der Waals surface area contributed by atoms with Crippen molar-refractivity contribution in [3.05, 3.63) is 112 Å². The van der Waals surface area contributed by atoms with Gasteiger partial charge in [-0.05, 0) is 53.5 Å². The summed E-state index contributed by atoms with van der Waals surface area (Å²) in [5.74, 6) is -0.0188. The van der Waals surface area contributed by atoms with E-state index in [1.165, 1.54) is 0 Å². The normalized spacial score (nSPS) is 15.2. The van der Waals surface area contributed by atoms with Gasteiger partial charge in [0.15, 0.2) is 0 Å². The van der Waals surface area contributed by atoms with Gasteiger partial charge in [-0.15, -0.1) is 0 Å². The smallest absolute Gasteiger partial charge is 0.262 e. The van der Waals surface area contributed by atoms with Crippen LogP contribution in [0.3, 0.4) is 0 Å². The summed E-state index contributed by atoms with van der Waals surface area (Å²) in [5.41, 5.74) is 5.56. The number of para-hydroxylation sites is 1. The highest BCUT2D eigenvalue weighted by Crippen LogP contribution is 2.37. The molecule has 1 amide bonds. The number of amides is 1. The van der Waals surface area contributed by atoms with E-state index in [9.17, 15) is 4.79 Å². The highest BCUT2D eigenvalue weighted by molar-refractivity contribution is 6.30. The third-order valence-corrected chi connectivity index (χ3v) is 5.11. The molecule has 0 aromatic heterocycles. The minimum atomic E-state index is -0.0188. The summed E-state index contributed by atoms with van der Waals surface area (Å²) in [6.45, 7) is 2.10. The summed E-state index contributed by atoms with van der Waals surface area (Å²) >= 11 is 6.07. The maximum absolute atomic E-state index is 13.4. The van der Waals surface area contributed by atoms with Gasteiger partial charge in [-0.1, -0.05) is 79.2 Å². The van der Waals surface area contributed by atoms with Crippen LogP contribution in [0.5, 0.6) is 0 Å². The van der Waals surface area contributed by atoms with E-state index in [1.807, 2.05) is 89.8 Å². The molecule has 0 atom stereocenters. The summed E-state index contributed by atoms with van der Waals surface area (Å²) in [7, 11) is 0. The van der Waals surface area contributed by atoms with Crippen molar-refractivity contribution in [2.75, 3.05) is 4.90 Å². The van der Waals surface area contributed by atoms with Crippen molar-refractivity contribution in [2.24, 2.45) is 0 Å². The molecule has 0 aliphatic carbocycles. The Bertz CT molecular complexity index is 1070. The van der Waals surface area contributed by atoms with Gasteiger partial charge in [0.1, 0.15) is 0 Å². The Morgan fingerprint density at radius 3 is 2.29 bits per heavy atom. The Labute approximate surface area is 170 Å². The molecule has 0 N–H and O–H groups in total. The number of benzene rings is 3. The summed E-state index contributed by atoms with van der Waals surface area (Å²) in [6, 6.07) is 25.6. The monoisotopic (exact) mass is 385 g/mol. The van der Waals surface area contributed by atoms with E-state index in [-0.39, 0.29) is 5.91 Å². The maximum atomic E-state index is 13.4. The molecule has 0 fully saturated rings. The molecule has 138 valence electrons. The number of hydrogen-bond donors (Lipinski definition) is 0. The molecule has 4 rings (SSSR count). The van der Waals surface area contributed by atoms with Crippen molar-refractivity contribution >= 4 is 35.0 Å².